The van der Waals surface area contributed by atoms with E-state index in [9.17, 15) is 0 Å². The van der Waals surface area contributed by atoms with Crippen LogP contribution in [0.15, 0.2) is 0 Å². The molecule has 1 N–H and O–H groups in total. The minimum absolute atomic E-state index is 0.00241. The quantitative estimate of drug-likeness (QED) is 0.633. The SMILES string of the molecule is CC1CCOC2(CCCN(C)CC2)N1. The van der Waals surface area contributed by atoms with Crippen LogP contribution in [0.2, 0.25) is 0 Å². The number of hydrogen-bond donors (Lipinski definition) is 1. The van der Waals surface area contributed by atoms with Gasteiger partial charge in [-0.05, 0) is 39.8 Å². The Balaban J connectivity index is 1.99. The van der Waals surface area contributed by atoms with Crippen LogP contribution < -0.4 is 5.32 Å². The summed E-state index contributed by atoms with van der Waals surface area (Å²) >= 11 is 0. The van der Waals surface area contributed by atoms with Crippen LogP contribution >= 0.6 is 0 Å². The molecule has 0 saturated carbocycles. The van der Waals surface area contributed by atoms with E-state index in [1.165, 1.54) is 19.4 Å². The summed E-state index contributed by atoms with van der Waals surface area (Å²) in [4.78, 5) is 2.40. The summed E-state index contributed by atoms with van der Waals surface area (Å²) in [5.74, 6) is 0. The van der Waals surface area contributed by atoms with Crippen molar-refractivity contribution in [1.29, 1.82) is 0 Å². The Morgan fingerprint density at radius 3 is 3.00 bits per heavy atom. The molecule has 2 fully saturated rings. The topological polar surface area (TPSA) is 24.5 Å². The Kier molecular flexibility index (Phi) is 3.10. The van der Waals surface area contributed by atoms with Crippen LogP contribution in [-0.4, -0.2) is 43.4 Å². The Morgan fingerprint density at radius 1 is 1.36 bits per heavy atom. The van der Waals surface area contributed by atoms with Crippen molar-refractivity contribution in [3.63, 3.8) is 0 Å². The van der Waals surface area contributed by atoms with E-state index in [1.807, 2.05) is 0 Å². The zero-order valence-corrected chi connectivity index (χ0v) is 9.38. The average molecular weight is 198 g/mol. The van der Waals surface area contributed by atoms with Gasteiger partial charge in [0.2, 0.25) is 0 Å². The Hall–Kier alpha value is -0.120. The zero-order chi connectivity index (χ0) is 10.0. The summed E-state index contributed by atoms with van der Waals surface area (Å²) in [7, 11) is 2.20. The van der Waals surface area contributed by atoms with Crippen molar-refractivity contribution in [3.8, 4) is 0 Å². The van der Waals surface area contributed by atoms with Gasteiger partial charge in [0.25, 0.3) is 0 Å². The summed E-state index contributed by atoms with van der Waals surface area (Å²) < 4.78 is 5.97. The highest BCUT2D eigenvalue weighted by Crippen LogP contribution is 2.27. The molecule has 82 valence electrons. The highest BCUT2D eigenvalue weighted by molar-refractivity contribution is 4.87. The summed E-state index contributed by atoms with van der Waals surface area (Å²) in [6, 6.07) is 0.618. The summed E-state index contributed by atoms with van der Waals surface area (Å²) in [5, 5.41) is 3.64. The molecule has 2 saturated heterocycles. The first kappa shape index (κ1) is 10.4. The van der Waals surface area contributed by atoms with E-state index in [0.717, 1.165) is 26.0 Å². The lowest BCUT2D eigenvalue weighted by Crippen LogP contribution is -2.56. The van der Waals surface area contributed by atoms with Gasteiger partial charge < -0.3 is 9.64 Å². The van der Waals surface area contributed by atoms with E-state index in [0.29, 0.717) is 6.04 Å². The first-order chi connectivity index (χ1) is 6.70. The number of hydrogen-bond acceptors (Lipinski definition) is 3. The molecule has 0 aliphatic carbocycles. The van der Waals surface area contributed by atoms with Gasteiger partial charge >= 0.3 is 0 Å². The third-order valence-electron chi connectivity index (χ3n) is 3.46. The fourth-order valence-electron chi connectivity index (χ4n) is 2.53. The second kappa shape index (κ2) is 4.17. The van der Waals surface area contributed by atoms with Crippen molar-refractivity contribution in [2.24, 2.45) is 0 Å². The van der Waals surface area contributed by atoms with E-state index in [4.69, 9.17) is 4.74 Å². The van der Waals surface area contributed by atoms with Gasteiger partial charge in [0.1, 0.15) is 5.72 Å². The van der Waals surface area contributed by atoms with E-state index in [1.54, 1.807) is 0 Å². The molecule has 14 heavy (non-hydrogen) atoms. The van der Waals surface area contributed by atoms with Crippen molar-refractivity contribution in [1.82, 2.24) is 10.2 Å². The molecule has 2 heterocycles. The number of rotatable bonds is 0. The Bertz CT molecular complexity index is 198. The fourth-order valence-corrected chi connectivity index (χ4v) is 2.53. The number of nitrogens with one attached hydrogen (secondary N) is 1. The molecule has 2 aliphatic heterocycles. The van der Waals surface area contributed by atoms with Crippen LogP contribution in [0.1, 0.15) is 32.6 Å². The first-order valence-electron chi connectivity index (χ1n) is 5.80. The second-order valence-electron chi connectivity index (χ2n) is 4.83. The average Bonchev–Trinajstić information content (AvgIpc) is 2.30. The van der Waals surface area contributed by atoms with Gasteiger partial charge in [-0.1, -0.05) is 0 Å². The van der Waals surface area contributed by atoms with Crippen LogP contribution in [-0.2, 0) is 4.74 Å². The minimum Gasteiger partial charge on any atom is -0.361 e. The Morgan fingerprint density at radius 2 is 2.21 bits per heavy atom. The molecule has 0 aromatic rings. The lowest BCUT2D eigenvalue weighted by atomic mass is 10.0. The first-order valence-corrected chi connectivity index (χ1v) is 5.80. The number of likely N-dealkylation sites (tertiary alicyclic amines) is 1. The molecule has 0 amide bonds. The van der Waals surface area contributed by atoms with Gasteiger partial charge in [-0.3, -0.25) is 5.32 Å². The maximum atomic E-state index is 5.97. The Labute approximate surface area is 86.8 Å². The predicted octanol–water partition coefficient (Wildman–Crippen LogP) is 1.20. The summed E-state index contributed by atoms with van der Waals surface area (Å²) in [6.07, 6.45) is 4.70. The van der Waals surface area contributed by atoms with Crippen molar-refractivity contribution < 1.29 is 4.74 Å². The summed E-state index contributed by atoms with van der Waals surface area (Å²) in [6.45, 7) is 5.55. The van der Waals surface area contributed by atoms with Crippen LogP contribution in [0.3, 0.4) is 0 Å². The molecule has 0 bridgehead atoms. The van der Waals surface area contributed by atoms with Gasteiger partial charge in [0.05, 0.1) is 6.61 Å². The van der Waals surface area contributed by atoms with E-state index >= 15 is 0 Å². The molecule has 2 aliphatic rings. The molecule has 3 nitrogen and oxygen atoms in total. The number of ether oxygens (including phenoxy) is 1. The van der Waals surface area contributed by atoms with E-state index in [-0.39, 0.29) is 5.72 Å². The monoisotopic (exact) mass is 198 g/mol. The van der Waals surface area contributed by atoms with Crippen molar-refractivity contribution in [2.45, 2.75) is 44.4 Å². The fraction of sp³-hybridized carbons (Fsp3) is 1.00. The molecule has 1 spiro atoms. The van der Waals surface area contributed by atoms with Gasteiger partial charge in [0, 0.05) is 19.0 Å². The van der Waals surface area contributed by atoms with E-state index < -0.39 is 0 Å². The maximum Gasteiger partial charge on any atom is 0.120 e. The van der Waals surface area contributed by atoms with Gasteiger partial charge in [-0.15, -0.1) is 0 Å². The summed E-state index contributed by atoms with van der Waals surface area (Å²) in [5.41, 5.74) is 0.00241. The second-order valence-corrected chi connectivity index (χ2v) is 4.83. The lowest BCUT2D eigenvalue weighted by Gasteiger charge is -2.41. The molecular formula is C11H22N2O. The molecule has 0 aromatic carbocycles. The molecule has 3 heteroatoms. The van der Waals surface area contributed by atoms with Crippen LogP contribution in [0.5, 0.6) is 0 Å². The van der Waals surface area contributed by atoms with Gasteiger partial charge in [-0.25, -0.2) is 0 Å². The van der Waals surface area contributed by atoms with Crippen molar-refractivity contribution >= 4 is 0 Å². The van der Waals surface area contributed by atoms with Gasteiger partial charge in [0.15, 0.2) is 0 Å². The molecule has 2 atom stereocenters. The maximum absolute atomic E-state index is 5.97. The normalized spacial score (nSPS) is 41.1. The molecule has 0 aromatic heterocycles. The zero-order valence-electron chi connectivity index (χ0n) is 9.38. The van der Waals surface area contributed by atoms with Crippen molar-refractivity contribution in [3.05, 3.63) is 0 Å². The minimum atomic E-state index is 0.00241. The lowest BCUT2D eigenvalue weighted by molar-refractivity contribution is -0.115. The van der Waals surface area contributed by atoms with Crippen LogP contribution in [0.25, 0.3) is 0 Å². The molecule has 2 rings (SSSR count). The standard InChI is InChI=1S/C11H22N2O/c1-10-4-9-14-11(12-10)5-3-7-13(2)8-6-11/h10,12H,3-9H2,1-2H3. The largest absolute Gasteiger partial charge is 0.361 e. The third-order valence-corrected chi connectivity index (χ3v) is 3.46. The molecular weight excluding hydrogens is 176 g/mol. The molecule has 0 radical (unpaired) electrons. The van der Waals surface area contributed by atoms with Crippen molar-refractivity contribution in [2.75, 3.05) is 26.7 Å². The smallest absolute Gasteiger partial charge is 0.120 e. The van der Waals surface area contributed by atoms with Gasteiger partial charge in [-0.2, -0.15) is 0 Å². The predicted molar refractivity (Wildman–Crippen MR) is 57.2 cm³/mol. The highest BCUT2D eigenvalue weighted by atomic mass is 16.5. The number of nitrogens with zero attached hydrogens (tertiary/aromatic N) is 1. The van der Waals surface area contributed by atoms with Crippen LogP contribution in [0.4, 0.5) is 0 Å². The highest BCUT2D eigenvalue weighted by Gasteiger charge is 2.36. The van der Waals surface area contributed by atoms with Crippen LogP contribution in [0, 0.1) is 0 Å². The van der Waals surface area contributed by atoms with E-state index in [2.05, 4.69) is 24.2 Å². The molecule has 2 unspecified atom stereocenters. The third kappa shape index (κ3) is 2.27.